The molecule has 3 aromatic carbocycles. The molecule has 0 saturated carbocycles. The molecule has 0 aliphatic carbocycles. The maximum Gasteiger partial charge on any atom is 0.305 e. The lowest BCUT2D eigenvalue weighted by molar-refractivity contribution is -0.149. The molecule has 9 rings (SSSR count). The number of guanidine groups is 2. The molecule has 1 unspecified atom stereocenters. The minimum Gasteiger partial charge on any atom is -0.508 e. The highest BCUT2D eigenvalue weighted by Crippen LogP contribution is 2.28. The number of unbranched alkanes of at least 4 members (excludes halogenated alkanes) is 2. The molecule has 760 valence electrons. The average molecular weight is 1970 g/mol. The Kier molecular flexibility index (Phi) is 41.4. The van der Waals surface area contributed by atoms with E-state index in [1.54, 1.807) is 67.8 Å². The number of likely N-dealkylation sites (N-methyl/N-ethyl adjacent to an activating group) is 3. The van der Waals surface area contributed by atoms with E-state index in [1.807, 2.05) is 6.92 Å². The predicted octanol–water partition coefficient (Wildman–Crippen LogP) is -3.47. The zero-order valence-corrected chi connectivity index (χ0v) is 79.9. The molecule has 6 heterocycles. The second-order valence-electron chi connectivity index (χ2n) is 35.2. The van der Waals surface area contributed by atoms with E-state index < -0.39 is 240 Å². The molecule has 26 N–H and O–H groups in total. The Bertz CT molecular complexity index is 5330. The Balaban J connectivity index is 1.12. The van der Waals surface area contributed by atoms with Crippen LogP contribution in [-0.4, -0.2) is 342 Å². The van der Waals surface area contributed by atoms with E-state index in [0.717, 1.165) is 19.6 Å². The minimum absolute atomic E-state index is 0.00113. The van der Waals surface area contributed by atoms with Gasteiger partial charge in [-0.05, 0) is 112 Å². The second-order valence-corrected chi connectivity index (χ2v) is 36.2. The van der Waals surface area contributed by atoms with Crippen molar-refractivity contribution in [2.75, 3.05) is 65.4 Å². The molecule has 16 amide bonds. The summed E-state index contributed by atoms with van der Waals surface area (Å²) in [6.45, 7) is 3.81. The quantitative estimate of drug-likeness (QED) is 0.00957. The van der Waals surface area contributed by atoms with Crippen molar-refractivity contribution in [2.24, 2.45) is 27.2 Å². The number of amides is 16. The number of nitrogens with two attached hydrogens (primary N) is 3. The molecule has 48 heteroatoms. The summed E-state index contributed by atoms with van der Waals surface area (Å²) in [6.07, 6.45) is 1.71. The number of nitrogens with zero attached hydrogens (tertiary/aromatic N) is 7. The highest BCUT2D eigenvalue weighted by molar-refractivity contribution is 8.00. The summed E-state index contributed by atoms with van der Waals surface area (Å²) < 4.78 is 0. The van der Waals surface area contributed by atoms with Crippen molar-refractivity contribution in [3.63, 3.8) is 0 Å². The molecular weight excluding hydrogens is 1840 g/mol. The zero-order valence-electron chi connectivity index (χ0n) is 79.1. The summed E-state index contributed by atoms with van der Waals surface area (Å²) in [5, 5.41) is 90.4. The van der Waals surface area contributed by atoms with E-state index in [-0.39, 0.29) is 128 Å². The molecule has 5 aromatic rings. The van der Waals surface area contributed by atoms with E-state index in [2.05, 4.69) is 83.8 Å². The lowest BCUT2D eigenvalue weighted by atomic mass is 9.99. The van der Waals surface area contributed by atoms with Crippen LogP contribution in [0.25, 0.3) is 21.8 Å². The maximum atomic E-state index is 15.9. The fourth-order valence-corrected chi connectivity index (χ4v) is 18.0. The molecule has 4 aliphatic heterocycles. The minimum atomic E-state index is -2.28. The predicted molar refractivity (Wildman–Crippen MR) is 515 cm³/mol. The fraction of sp³-hybridized carbons (Fsp3) is 0.533. The number of aromatic nitrogens is 2. The summed E-state index contributed by atoms with van der Waals surface area (Å²) in [5.41, 5.74) is 19.5. The van der Waals surface area contributed by atoms with Gasteiger partial charge in [0.15, 0.2) is 18.2 Å². The third kappa shape index (κ3) is 31.3. The second kappa shape index (κ2) is 53.0. The van der Waals surface area contributed by atoms with Gasteiger partial charge in [-0.25, -0.2) is 4.99 Å². The van der Waals surface area contributed by atoms with Crippen molar-refractivity contribution < 1.29 is 102 Å². The first-order chi connectivity index (χ1) is 66.7. The number of aliphatic hydroxyl groups excluding tert-OH is 1. The number of phenols is 1. The van der Waals surface area contributed by atoms with Crippen molar-refractivity contribution in [3.8, 4) is 5.75 Å². The molecule has 0 radical (unpaired) electrons. The Morgan fingerprint density at radius 3 is 1.56 bits per heavy atom. The third-order valence-electron chi connectivity index (χ3n) is 24.9. The number of aliphatic hydroxyl groups is 2. The maximum absolute atomic E-state index is 15.9. The molecule has 15 atom stereocenters. The van der Waals surface area contributed by atoms with Crippen LogP contribution in [0.4, 0.5) is 0 Å². The number of carboxylic acid groups (broad SMARTS) is 1. The van der Waals surface area contributed by atoms with Crippen LogP contribution >= 0.6 is 11.8 Å². The summed E-state index contributed by atoms with van der Waals surface area (Å²) >= 11 is 0.677. The van der Waals surface area contributed by atoms with Crippen LogP contribution in [0.2, 0.25) is 0 Å². The number of H-pyrrole nitrogens is 2. The van der Waals surface area contributed by atoms with E-state index in [9.17, 15) is 63.6 Å². The summed E-state index contributed by atoms with van der Waals surface area (Å²) in [6, 6.07) is -3.55. The monoisotopic (exact) mass is 1970 g/mol. The van der Waals surface area contributed by atoms with Crippen LogP contribution in [0.1, 0.15) is 147 Å². The van der Waals surface area contributed by atoms with Gasteiger partial charge in [0.25, 0.3) is 0 Å². The SMILES string of the molecule is CCCC[C@H]1C(=O)N(C)[C@@H](CCCC)C(=O)N[C@@H](CC(=O)O)C(=O)N[C@H](C(=O)NCC(N)=O)CSCC(=O)N[C@@H](Cc2ccc(O)cc2)C(=O)N(C)[C@@H](C)C(=O)N[C@@H](CC(O)O)C(=O)N2CCC[C@H]2C(=O)N[C@@H](CC2C=NC=N2)C(=O)N[C@@H](CCCNC(=N)N)C(=O)N2CCC[C@H]2C(=O)N[C@@H](Cc2c[nH]c3ccccc23)C(=O)N[C@@H](CCCNC(=N)N)C(=O)N[C@@H](Cc2c[nH]c3ccccc23)C(=O)N1C. The number of phenolic OH excluding ortho intramolecular Hbond substituents is 1. The smallest absolute Gasteiger partial charge is 0.305 e. The van der Waals surface area contributed by atoms with Gasteiger partial charge in [0, 0.05) is 126 Å². The van der Waals surface area contributed by atoms with Crippen LogP contribution in [0.15, 0.2) is 95.2 Å². The number of carboxylic acids is 1. The Morgan fingerprint density at radius 1 is 0.521 bits per heavy atom. The van der Waals surface area contributed by atoms with Crippen LogP contribution < -0.4 is 81.0 Å². The molecule has 3 fully saturated rings. The Morgan fingerprint density at radius 2 is 1.01 bits per heavy atom. The van der Waals surface area contributed by atoms with Crippen LogP contribution in [-0.2, 0) is 101 Å². The van der Waals surface area contributed by atoms with Gasteiger partial charge in [0.1, 0.15) is 96.7 Å². The summed E-state index contributed by atoms with van der Waals surface area (Å²) in [4.78, 5) is 272. The molecule has 0 bridgehead atoms. The number of thioether (sulfide) groups is 1. The fourth-order valence-electron chi connectivity index (χ4n) is 17.2. The number of aromatic amines is 2. The number of benzene rings is 3. The molecule has 2 aromatic heterocycles. The van der Waals surface area contributed by atoms with Crippen LogP contribution in [0.3, 0.4) is 0 Å². The molecule has 3 saturated heterocycles. The van der Waals surface area contributed by atoms with Gasteiger partial charge in [-0.3, -0.25) is 97.3 Å². The largest absolute Gasteiger partial charge is 0.508 e. The van der Waals surface area contributed by atoms with Crippen molar-refractivity contribution in [3.05, 3.63) is 102 Å². The van der Waals surface area contributed by atoms with E-state index in [4.69, 9.17) is 28.0 Å². The first-order valence-corrected chi connectivity index (χ1v) is 47.8. The normalized spacial score (nSPS) is 24.6. The van der Waals surface area contributed by atoms with Gasteiger partial charge < -0.3 is 136 Å². The van der Waals surface area contributed by atoms with Gasteiger partial charge in [0.2, 0.25) is 94.5 Å². The van der Waals surface area contributed by atoms with Gasteiger partial charge in [0.05, 0.1) is 24.8 Å². The van der Waals surface area contributed by atoms with E-state index >= 15 is 38.4 Å². The number of aromatic hydroxyl groups is 1. The number of carbonyl (C=O) groups excluding carboxylic acids is 16. The number of hydrogen-bond acceptors (Lipinski definition) is 25. The summed E-state index contributed by atoms with van der Waals surface area (Å²) in [7, 11) is 3.79. The van der Waals surface area contributed by atoms with Crippen molar-refractivity contribution in [1.29, 1.82) is 10.8 Å². The third-order valence-corrected chi connectivity index (χ3v) is 25.9. The first-order valence-electron chi connectivity index (χ1n) is 46.7. The zero-order chi connectivity index (χ0) is 102. The highest BCUT2D eigenvalue weighted by Gasteiger charge is 2.46. The highest BCUT2D eigenvalue weighted by atomic mass is 32.2. The first kappa shape index (κ1) is 109. The van der Waals surface area contributed by atoms with Crippen molar-refractivity contribution in [1.82, 2.24) is 98.3 Å². The number of rotatable bonds is 29. The van der Waals surface area contributed by atoms with Crippen molar-refractivity contribution >= 4 is 159 Å². The van der Waals surface area contributed by atoms with Gasteiger partial charge >= 0.3 is 5.97 Å². The Hall–Kier alpha value is -14.3. The molecule has 4 aliphatic rings. The van der Waals surface area contributed by atoms with Gasteiger partial charge in [-0.15, -0.1) is 11.8 Å². The lowest BCUT2D eigenvalue weighted by Crippen LogP contribution is -2.61. The number of para-hydroxylation sites is 2. The number of primary amides is 1. The number of aliphatic carboxylic acids is 1. The Labute approximate surface area is 811 Å². The summed E-state index contributed by atoms with van der Waals surface area (Å²) in [5.74, 6) is -19.3. The van der Waals surface area contributed by atoms with Crippen LogP contribution in [0, 0.1) is 10.8 Å². The topological polar surface area (TPSA) is 714 Å². The number of carbonyl (C=O) groups is 17. The molecular formula is C92H130N26O21S. The average Bonchev–Trinajstić information content (AvgIpc) is 1.56. The standard InChI is InChI=1S/C92H130N26O21S/c1-7-9-25-69-83(132)110-64(41-75(122)123)82(131)113-68(78(127)103-46-73(93)120)47-140-48-74(121)105-65(37-51-29-31-55(119)32-30-51)86(135)114(4)50(3)77(126)111-67(42-76(124)125)89(138)118-36-18-28-71(118)85(134)109-63(40-54-45-98-49-104-54)81(130)107-61(24-16-34-100-92(96)97)88(137)117-35-17-27-70(117)84(133)108-62(38-52-43-101-58-21-13-11-19-56(52)58)80(129)106-60(23-15-33-99-91(94)95)79(128)112-66(39-53-44-102-59-22-14-12-20-57(53)59)87(136)116(6)72(26-10-8-2)90(139)115(69)5/h11-14,19-22,29-32,43-45,49-50,54,60-72,76,101-102,119,124-125H,7-10,15-18,23-28,33-42,46-48H2,1-6H3,(H2,93,120)(H,103,127)(H,105,121)(H,106,129)(H,107,130)(H,108,133)(H,109,134)(H,110,132)(H,111,126)(H,112,128)(H,113,131)(H,122,123)(H4,94,95,99)(H4,96,97,100)/t50-,54?,60-,61-,62-,63-,64-,65-,66-,67-,68-,69-,70-,71-,72-/m0/s1. The van der Waals surface area contributed by atoms with Gasteiger partial charge in [-0.2, -0.15) is 0 Å². The molecule has 47 nitrogen and oxygen atoms in total. The molecule has 0 spiro atoms. The number of fused-ring (bicyclic) bond motifs is 4. The lowest BCUT2D eigenvalue weighted by Gasteiger charge is -2.36. The van der Waals surface area contributed by atoms with Crippen LogP contribution in [0.5, 0.6) is 5.75 Å². The number of hydrogen-bond donors (Lipinski definition) is 23. The van der Waals surface area contributed by atoms with E-state index in [1.165, 1.54) is 69.8 Å². The number of nitrogens with one attached hydrogen (secondary N) is 16. The molecule has 140 heavy (non-hydrogen) atoms. The van der Waals surface area contributed by atoms with Gasteiger partial charge in [-0.1, -0.05) is 88.1 Å². The number of aliphatic imine (C=N–C) groups is 2. The van der Waals surface area contributed by atoms with E-state index in [0.29, 0.717) is 69.5 Å². The van der Waals surface area contributed by atoms with Crippen molar-refractivity contribution in [2.45, 2.75) is 246 Å².